The van der Waals surface area contributed by atoms with Gasteiger partial charge in [0, 0.05) is 5.56 Å². The lowest BCUT2D eigenvalue weighted by atomic mass is 10.1. The molecule has 0 heterocycles. The minimum absolute atomic E-state index is 0.294. The van der Waals surface area contributed by atoms with Crippen molar-refractivity contribution in [2.24, 2.45) is 0 Å². The molecule has 0 aromatic heterocycles. The van der Waals surface area contributed by atoms with E-state index in [9.17, 15) is 4.39 Å². The van der Waals surface area contributed by atoms with Gasteiger partial charge in [-0.1, -0.05) is 30.1 Å². The maximum atomic E-state index is 13.3. The molecule has 14 heavy (non-hydrogen) atoms. The Bertz CT molecular complexity index is 315. The van der Waals surface area contributed by atoms with Crippen LogP contribution in [0.2, 0.25) is 10.0 Å². The molecule has 4 heteroatoms. The highest BCUT2D eigenvalue weighted by molar-refractivity contribution is 6.42. The smallest absolute Gasteiger partial charge is 0.128 e. The van der Waals surface area contributed by atoms with Crippen molar-refractivity contribution in [3.63, 3.8) is 0 Å². The Hall–Kier alpha value is -0.310. The Kier molecular flexibility index (Phi) is 4.66. The molecule has 78 valence electrons. The molecule has 0 fully saturated rings. The monoisotopic (exact) mass is 235 g/mol. The summed E-state index contributed by atoms with van der Waals surface area (Å²) in [5.41, 5.74) is 0.486. The van der Waals surface area contributed by atoms with Crippen molar-refractivity contribution in [2.45, 2.75) is 13.3 Å². The molecule has 0 unspecified atom stereocenters. The summed E-state index contributed by atoms with van der Waals surface area (Å²) >= 11 is 11.7. The van der Waals surface area contributed by atoms with Gasteiger partial charge in [-0.05, 0) is 31.6 Å². The van der Waals surface area contributed by atoms with Gasteiger partial charge < -0.3 is 5.32 Å². The molecule has 1 aromatic rings. The van der Waals surface area contributed by atoms with Gasteiger partial charge in [0.05, 0.1) is 10.0 Å². The normalized spacial score (nSPS) is 10.6. The van der Waals surface area contributed by atoms with E-state index in [-0.39, 0.29) is 5.82 Å². The van der Waals surface area contributed by atoms with Gasteiger partial charge >= 0.3 is 0 Å². The van der Waals surface area contributed by atoms with Gasteiger partial charge in [0.25, 0.3) is 0 Å². The van der Waals surface area contributed by atoms with Crippen LogP contribution in [0.5, 0.6) is 0 Å². The first-order valence-corrected chi connectivity index (χ1v) is 5.25. The molecule has 0 spiro atoms. The van der Waals surface area contributed by atoms with Gasteiger partial charge in [0.1, 0.15) is 5.82 Å². The number of rotatable bonds is 4. The van der Waals surface area contributed by atoms with E-state index in [0.29, 0.717) is 28.6 Å². The second-order valence-electron chi connectivity index (χ2n) is 2.93. The molecule has 0 aliphatic carbocycles. The van der Waals surface area contributed by atoms with Crippen LogP contribution in [-0.2, 0) is 6.42 Å². The van der Waals surface area contributed by atoms with E-state index in [0.717, 1.165) is 6.54 Å². The highest BCUT2D eigenvalue weighted by Crippen LogP contribution is 2.27. The molecule has 0 radical (unpaired) electrons. The minimum Gasteiger partial charge on any atom is -0.317 e. The zero-order valence-corrected chi connectivity index (χ0v) is 9.42. The van der Waals surface area contributed by atoms with Crippen molar-refractivity contribution in [3.05, 3.63) is 33.6 Å². The van der Waals surface area contributed by atoms with Crippen LogP contribution in [0.3, 0.4) is 0 Å². The fraction of sp³-hybridized carbons (Fsp3) is 0.400. The predicted molar refractivity (Wildman–Crippen MR) is 58.7 cm³/mol. The molecule has 0 aliphatic rings. The molecule has 0 atom stereocenters. The summed E-state index contributed by atoms with van der Waals surface area (Å²) in [6, 6.07) is 2.81. The van der Waals surface area contributed by atoms with Gasteiger partial charge in [0.15, 0.2) is 0 Å². The summed E-state index contributed by atoms with van der Waals surface area (Å²) in [6.45, 7) is 3.56. The van der Waals surface area contributed by atoms with Crippen LogP contribution in [0.1, 0.15) is 12.5 Å². The quantitative estimate of drug-likeness (QED) is 0.624. The lowest BCUT2D eigenvalue weighted by Gasteiger charge is -2.07. The SMILES string of the molecule is CCNCCc1c(F)ccc(Cl)c1Cl. The molecule has 1 rings (SSSR count). The summed E-state index contributed by atoms with van der Waals surface area (Å²) in [7, 11) is 0. The topological polar surface area (TPSA) is 12.0 Å². The average Bonchev–Trinajstić information content (AvgIpc) is 2.18. The van der Waals surface area contributed by atoms with Crippen LogP contribution in [-0.4, -0.2) is 13.1 Å². The van der Waals surface area contributed by atoms with Gasteiger partial charge in [-0.3, -0.25) is 0 Å². The number of nitrogens with one attached hydrogen (secondary N) is 1. The van der Waals surface area contributed by atoms with E-state index < -0.39 is 0 Å². The van der Waals surface area contributed by atoms with Crippen LogP contribution in [0.25, 0.3) is 0 Å². The van der Waals surface area contributed by atoms with Crippen LogP contribution in [0.4, 0.5) is 4.39 Å². The third-order valence-electron chi connectivity index (χ3n) is 1.94. The first kappa shape index (κ1) is 11.8. The van der Waals surface area contributed by atoms with E-state index >= 15 is 0 Å². The van der Waals surface area contributed by atoms with E-state index in [4.69, 9.17) is 23.2 Å². The number of likely N-dealkylation sites (N-methyl/N-ethyl adjacent to an activating group) is 1. The predicted octanol–water partition coefficient (Wildman–Crippen LogP) is 3.28. The number of halogens is 3. The van der Waals surface area contributed by atoms with Crippen molar-refractivity contribution >= 4 is 23.2 Å². The highest BCUT2D eigenvalue weighted by atomic mass is 35.5. The van der Waals surface area contributed by atoms with Gasteiger partial charge in [-0.15, -0.1) is 0 Å². The molecule has 0 amide bonds. The summed E-state index contributed by atoms with van der Waals surface area (Å²) in [4.78, 5) is 0. The summed E-state index contributed by atoms with van der Waals surface area (Å²) in [6.07, 6.45) is 0.555. The molecule has 1 aromatic carbocycles. The van der Waals surface area contributed by atoms with Gasteiger partial charge in [-0.2, -0.15) is 0 Å². The minimum atomic E-state index is -0.294. The largest absolute Gasteiger partial charge is 0.317 e. The molecule has 1 nitrogen and oxygen atoms in total. The molecular weight excluding hydrogens is 224 g/mol. The lowest BCUT2D eigenvalue weighted by Crippen LogP contribution is -2.16. The third-order valence-corrected chi connectivity index (χ3v) is 2.78. The summed E-state index contributed by atoms with van der Waals surface area (Å²) in [5.74, 6) is -0.294. The lowest BCUT2D eigenvalue weighted by molar-refractivity contribution is 0.601. The van der Waals surface area contributed by atoms with E-state index in [1.807, 2.05) is 6.92 Å². The Morgan fingerprint density at radius 2 is 2.07 bits per heavy atom. The highest BCUT2D eigenvalue weighted by Gasteiger charge is 2.09. The summed E-state index contributed by atoms with van der Waals surface area (Å²) in [5, 5.41) is 3.83. The van der Waals surface area contributed by atoms with Crippen molar-refractivity contribution in [1.82, 2.24) is 5.32 Å². The van der Waals surface area contributed by atoms with Crippen LogP contribution < -0.4 is 5.32 Å². The molecule has 0 saturated carbocycles. The fourth-order valence-electron chi connectivity index (χ4n) is 1.19. The number of hydrogen-bond donors (Lipinski definition) is 1. The maximum Gasteiger partial charge on any atom is 0.128 e. The Labute approximate surface area is 93.2 Å². The number of hydrogen-bond acceptors (Lipinski definition) is 1. The second kappa shape index (κ2) is 5.54. The fourth-order valence-corrected chi connectivity index (χ4v) is 1.61. The maximum absolute atomic E-state index is 13.3. The van der Waals surface area contributed by atoms with Gasteiger partial charge in [-0.25, -0.2) is 4.39 Å². The van der Waals surface area contributed by atoms with E-state index in [1.54, 1.807) is 0 Å². The van der Waals surface area contributed by atoms with E-state index in [2.05, 4.69) is 5.32 Å². The second-order valence-corrected chi connectivity index (χ2v) is 3.71. The molecule has 0 saturated heterocycles. The third kappa shape index (κ3) is 2.84. The zero-order chi connectivity index (χ0) is 10.6. The van der Waals surface area contributed by atoms with Crippen LogP contribution in [0.15, 0.2) is 12.1 Å². The first-order valence-electron chi connectivity index (χ1n) is 4.50. The standard InChI is InChI=1S/C10H12Cl2FN/c1-2-14-6-5-7-9(13)4-3-8(11)10(7)12/h3-4,14H,2,5-6H2,1H3. The van der Waals surface area contributed by atoms with E-state index in [1.165, 1.54) is 12.1 Å². The van der Waals surface area contributed by atoms with Crippen molar-refractivity contribution in [1.29, 1.82) is 0 Å². The summed E-state index contributed by atoms with van der Waals surface area (Å²) < 4.78 is 13.3. The Balaban J connectivity index is 2.79. The first-order chi connectivity index (χ1) is 6.66. The van der Waals surface area contributed by atoms with Crippen LogP contribution in [0, 0.1) is 5.82 Å². The molecule has 0 aliphatic heterocycles. The van der Waals surface area contributed by atoms with Crippen LogP contribution >= 0.6 is 23.2 Å². The van der Waals surface area contributed by atoms with Crippen molar-refractivity contribution in [2.75, 3.05) is 13.1 Å². The zero-order valence-electron chi connectivity index (χ0n) is 7.91. The number of benzene rings is 1. The van der Waals surface area contributed by atoms with Crippen molar-refractivity contribution in [3.8, 4) is 0 Å². The Morgan fingerprint density at radius 1 is 1.36 bits per heavy atom. The molecular formula is C10H12Cl2FN. The average molecular weight is 236 g/mol. The molecule has 0 bridgehead atoms. The Morgan fingerprint density at radius 3 is 2.71 bits per heavy atom. The molecule has 1 N–H and O–H groups in total. The van der Waals surface area contributed by atoms with Crippen molar-refractivity contribution < 1.29 is 4.39 Å². The van der Waals surface area contributed by atoms with Gasteiger partial charge in [0.2, 0.25) is 0 Å².